The summed E-state index contributed by atoms with van der Waals surface area (Å²) >= 11 is 7.05. The normalized spacial score (nSPS) is 12.2. The van der Waals surface area contributed by atoms with Crippen molar-refractivity contribution in [2.24, 2.45) is 0 Å². The Balaban J connectivity index is 1.92. The van der Waals surface area contributed by atoms with Crippen LogP contribution in [0.5, 0.6) is 5.75 Å². The lowest BCUT2D eigenvalue weighted by atomic mass is 10.0. The largest absolute Gasteiger partial charge is 0.483 e. The number of hydrogen-bond donors (Lipinski definition) is 1. The van der Waals surface area contributed by atoms with Gasteiger partial charge in [0.15, 0.2) is 6.61 Å². The molecule has 38 heavy (non-hydrogen) atoms. The van der Waals surface area contributed by atoms with Crippen molar-refractivity contribution in [2.75, 3.05) is 6.61 Å². The smallest absolute Gasteiger partial charge is 0.261 e. The van der Waals surface area contributed by atoms with Crippen molar-refractivity contribution in [1.82, 2.24) is 10.2 Å². The molecular weight excluding hydrogens is 608 g/mol. The van der Waals surface area contributed by atoms with Crippen LogP contribution in [0.15, 0.2) is 81.7 Å². The van der Waals surface area contributed by atoms with Gasteiger partial charge in [-0.15, -0.1) is 0 Å². The molecule has 0 unspecified atom stereocenters. The number of benzene rings is 3. The zero-order valence-corrected chi connectivity index (χ0v) is 25.8. The van der Waals surface area contributed by atoms with E-state index < -0.39 is 11.6 Å². The summed E-state index contributed by atoms with van der Waals surface area (Å²) in [6.45, 7) is 10.2. The monoisotopic (exact) mass is 642 g/mol. The fourth-order valence-corrected chi connectivity index (χ4v) is 4.78. The fraction of sp³-hybridized carbons (Fsp3) is 0.355. The van der Waals surface area contributed by atoms with Gasteiger partial charge >= 0.3 is 0 Å². The van der Waals surface area contributed by atoms with Crippen molar-refractivity contribution in [1.29, 1.82) is 0 Å². The van der Waals surface area contributed by atoms with Crippen molar-refractivity contribution < 1.29 is 14.3 Å². The summed E-state index contributed by atoms with van der Waals surface area (Å²) in [5, 5.41) is 3.08. The molecular formula is C31H36Br2N2O3. The summed E-state index contributed by atoms with van der Waals surface area (Å²) in [4.78, 5) is 29.0. The van der Waals surface area contributed by atoms with Gasteiger partial charge in [-0.2, -0.15) is 0 Å². The van der Waals surface area contributed by atoms with Crippen molar-refractivity contribution >= 4 is 43.7 Å². The Labute approximate surface area is 243 Å². The second kappa shape index (κ2) is 13.4. The number of ether oxygens (including phenoxy) is 1. The predicted molar refractivity (Wildman–Crippen MR) is 160 cm³/mol. The lowest BCUT2D eigenvalue weighted by Gasteiger charge is -2.33. The number of nitrogens with one attached hydrogen (secondary N) is 1. The van der Waals surface area contributed by atoms with Crippen LogP contribution in [0, 0.1) is 0 Å². The van der Waals surface area contributed by atoms with Crippen molar-refractivity contribution in [3.63, 3.8) is 0 Å². The van der Waals surface area contributed by atoms with Crippen LogP contribution in [0.3, 0.4) is 0 Å². The number of halogens is 2. The van der Waals surface area contributed by atoms with E-state index in [0.29, 0.717) is 18.1 Å². The molecule has 7 heteroatoms. The van der Waals surface area contributed by atoms with E-state index in [1.165, 1.54) is 5.56 Å². The van der Waals surface area contributed by atoms with Gasteiger partial charge in [-0.1, -0.05) is 78.3 Å². The minimum Gasteiger partial charge on any atom is -0.483 e. The van der Waals surface area contributed by atoms with E-state index in [0.717, 1.165) is 20.1 Å². The van der Waals surface area contributed by atoms with E-state index in [2.05, 4.69) is 51.0 Å². The first-order valence-electron chi connectivity index (χ1n) is 12.7. The van der Waals surface area contributed by atoms with Gasteiger partial charge < -0.3 is 15.0 Å². The molecule has 0 aliphatic rings. The van der Waals surface area contributed by atoms with Gasteiger partial charge in [0.25, 0.3) is 5.91 Å². The molecule has 3 aromatic carbocycles. The second-order valence-corrected chi connectivity index (χ2v) is 12.5. The van der Waals surface area contributed by atoms with E-state index in [-0.39, 0.29) is 25.0 Å². The van der Waals surface area contributed by atoms with Crippen LogP contribution in [0.1, 0.15) is 57.2 Å². The zero-order valence-electron chi connectivity index (χ0n) is 22.6. The number of rotatable bonds is 10. The molecule has 0 bridgehead atoms. The molecule has 1 atom stereocenters. The number of nitrogens with zero attached hydrogens (tertiary/aromatic N) is 1. The molecule has 0 saturated heterocycles. The van der Waals surface area contributed by atoms with Crippen LogP contribution in [0.25, 0.3) is 0 Å². The van der Waals surface area contributed by atoms with E-state index in [4.69, 9.17) is 4.74 Å². The summed E-state index contributed by atoms with van der Waals surface area (Å²) < 4.78 is 7.72. The highest BCUT2D eigenvalue weighted by atomic mass is 79.9. The average Bonchev–Trinajstić information content (AvgIpc) is 2.85. The maximum Gasteiger partial charge on any atom is 0.261 e. The number of amides is 2. The third kappa shape index (κ3) is 8.98. The Morgan fingerprint density at radius 1 is 0.921 bits per heavy atom. The average molecular weight is 644 g/mol. The van der Waals surface area contributed by atoms with E-state index >= 15 is 0 Å². The first kappa shape index (κ1) is 29.9. The first-order valence-corrected chi connectivity index (χ1v) is 14.3. The third-order valence-corrected chi connectivity index (χ3v) is 7.16. The second-order valence-electron chi connectivity index (χ2n) is 10.7. The van der Waals surface area contributed by atoms with Crippen molar-refractivity contribution in [2.45, 2.75) is 65.1 Å². The van der Waals surface area contributed by atoms with Crippen LogP contribution in [-0.2, 0) is 22.6 Å². The number of carbonyl (C=O) groups excluding carboxylic acids is 2. The van der Waals surface area contributed by atoms with E-state index in [1.807, 2.05) is 93.6 Å². The molecule has 0 fully saturated rings. The maximum absolute atomic E-state index is 13.8. The molecule has 0 aliphatic carbocycles. The van der Waals surface area contributed by atoms with E-state index in [9.17, 15) is 9.59 Å². The van der Waals surface area contributed by atoms with Crippen LogP contribution < -0.4 is 10.1 Å². The van der Waals surface area contributed by atoms with Gasteiger partial charge in [-0.25, -0.2) is 0 Å². The third-order valence-electron chi connectivity index (χ3n) is 6.01. The molecule has 3 rings (SSSR count). The number of hydrogen-bond acceptors (Lipinski definition) is 3. The highest BCUT2D eigenvalue weighted by molar-refractivity contribution is 9.10. The van der Waals surface area contributed by atoms with Crippen LogP contribution in [0.2, 0.25) is 0 Å². The first-order chi connectivity index (χ1) is 17.9. The van der Waals surface area contributed by atoms with E-state index in [1.54, 1.807) is 4.90 Å². The Morgan fingerprint density at radius 3 is 2.16 bits per heavy atom. The molecule has 202 valence electrons. The molecule has 3 aromatic rings. The summed E-state index contributed by atoms with van der Waals surface area (Å²) in [5.41, 5.74) is 2.63. The summed E-state index contributed by atoms with van der Waals surface area (Å²) in [5.74, 6) is 0.501. The quantitative estimate of drug-likeness (QED) is 0.253. The molecule has 0 spiro atoms. The van der Waals surface area contributed by atoms with Crippen LogP contribution in [0.4, 0.5) is 0 Å². The molecule has 0 aliphatic heterocycles. The Hall–Kier alpha value is -2.64. The molecule has 1 N–H and O–H groups in total. The molecule has 0 heterocycles. The van der Waals surface area contributed by atoms with Crippen LogP contribution >= 0.6 is 31.9 Å². The van der Waals surface area contributed by atoms with Gasteiger partial charge in [0.1, 0.15) is 11.8 Å². The molecule has 5 nitrogen and oxygen atoms in total. The van der Waals surface area contributed by atoms with Crippen molar-refractivity contribution in [3.05, 3.63) is 98.4 Å². The maximum atomic E-state index is 13.8. The van der Waals surface area contributed by atoms with Gasteiger partial charge in [-0.05, 0) is 83.6 Å². The minimum atomic E-state index is -0.719. The predicted octanol–water partition coefficient (Wildman–Crippen LogP) is 7.27. The van der Waals surface area contributed by atoms with Gasteiger partial charge in [0, 0.05) is 23.0 Å². The topological polar surface area (TPSA) is 58.6 Å². The Kier molecular flexibility index (Phi) is 10.6. The SMILES string of the molecule is CC(C)c1ccc(OCC(=O)N(Cc2ccc(Br)cc2)[C@H](Cc2ccccc2)C(=O)NC(C)(C)C)c(Br)c1. The summed E-state index contributed by atoms with van der Waals surface area (Å²) in [6.07, 6.45) is 0.387. The highest BCUT2D eigenvalue weighted by Gasteiger charge is 2.32. The lowest BCUT2D eigenvalue weighted by molar-refractivity contribution is -0.143. The van der Waals surface area contributed by atoms with Gasteiger partial charge in [0.05, 0.1) is 4.47 Å². The van der Waals surface area contributed by atoms with Crippen molar-refractivity contribution in [3.8, 4) is 5.75 Å². The van der Waals surface area contributed by atoms with Crippen LogP contribution in [-0.4, -0.2) is 34.9 Å². The zero-order chi connectivity index (χ0) is 27.9. The summed E-state index contributed by atoms with van der Waals surface area (Å²) in [6, 6.07) is 22.7. The Morgan fingerprint density at radius 2 is 1.58 bits per heavy atom. The molecule has 0 aromatic heterocycles. The van der Waals surface area contributed by atoms with Gasteiger partial charge in [-0.3, -0.25) is 9.59 Å². The van der Waals surface area contributed by atoms with Gasteiger partial charge in [0.2, 0.25) is 5.91 Å². The molecule has 0 saturated carbocycles. The summed E-state index contributed by atoms with van der Waals surface area (Å²) in [7, 11) is 0. The molecule has 2 amide bonds. The Bertz CT molecular complexity index is 1220. The lowest BCUT2D eigenvalue weighted by Crippen LogP contribution is -2.55. The number of carbonyl (C=O) groups is 2. The minimum absolute atomic E-state index is 0.190. The fourth-order valence-electron chi connectivity index (χ4n) is 4.01. The standard InChI is InChI=1S/C31H36Br2N2O3/c1-21(2)24-13-16-28(26(33)18-24)38-20-29(36)35(19-23-11-14-25(32)15-12-23)27(30(37)34-31(3,4)5)17-22-9-7-6-8-10-22/h6-16,18,21,27H,17,19-20H2,1-5H3,(H,34,37)/t27-/m1/s1. The highest BCUT2D eigenvalue weighted by Crippen LogP contribution is 2.29. The molecule has 0 radical (unpaired) electrons.